The number of piperazine rings is 1. The van der Waals surface area contributed by atoms with Gasteiger partial charge in [-0.1, -0.05) is 49.7 Å². The van der Waals surface area contributed by atoms with Crippen LogP contribution in [0.25, 0.3) is 0 Å². The molecule has 1 N–H and O–H groups in total. The first-order chi connectivity index (χ1) is 13.3. The molecule has 1 aromatic heterocycles. The molecule has 2 heterocycles. The van der Waals surface area contributed by atoms with Crippen LogP contribution in [0.4, 0.5) is 0 Å². The maximum absolute atomic E-state index is 5.97. The smallest absolute Gasteiger partial charge is 0.232 e. The third-order valence-corrected chi connectivity index (χ3v) is 4.97. The van der Waals surface area contributed by atoms with E-state index < -0.39 is 0 Å². The molecule has 0 saturated carbocycles. The topological polar surface area (TPSA) is 69.8 Å². The summed E-state index contributed by atoms with van der Waals surface area (Å²) in [7, 11) is 1.80. The van der Waals surface area contributed by atoms with E-state index in [2.05, 4.69) is 63.2 Å². The van der Waals surface area contributed by atoms with Gasteiger partial charge in [0.05, 0.1) is 6.54 Å². The van der Waals surface area contributed by atoms with Crippen LogP contribution in [0.2, 0.25) is 5.02 Å². The van der Waals surface area contributed by atoms with Gasteiger partial charge < -0.3 is 14.7 Å². The summed E-state index contributed by atoms with van der Waals surface area (Å²) in [5.41, 5.74) is 1.14. The SMILES string of the molecule is CN=C(NCc1noc(C(C)(C)C)n1)N1CCN(Cc2ccc(Cl)cc2)CC1. The first-order valence-electron chi connectivity index (χ1n) is 9.60. The van der Waals surface area contributed by atoms with E-state index in [0.29, 0.717) is 18.3 Å². The maximum atomic E-state index is 5.97. The number of benzene rings is 1. The van der Waals surface area contributed by atoms with Crippen LogP contribution in [-0.2, 0) is 18.5 Å². The van der Waals surface area contributed by atoms with Gasteiger partial charge >= 0.3 is 0 Å². The summed E-state index contributed by atoms with van der Waals surface area (Å²) in [5, 5.41) is 8.19. The molecule has 0 amide bonds. The van der Waals surface area contributed by atoms with Crippen molar-refractivity contribution in [3.8, 4) is 0 Å². The number of aromatic nitrogens is 2. The molecule has 1 saturated heterocycles. The number of nitrogens with zero attached hydrogens (tertiary/aromatic N) is 5. The lowest BCUT2D eigenvalue weighted by atomic mass is 9.97. The predicted octanol–water partition coefficient (Wildman–Crippen LogP) is 2.91. The van der Waals surface area contributed by atoms with Crippen LogP contribution < -0.4 is 5.32 Å². The molecule has 8 heteroatoms. The summed E-state index contributed by atoms with van der Waals surface area (Å²) in [5.74, 6) is 2.16. The van der Waals surface area contributed by atoms with Gasteiger partial charge in [0.15, 0.2) is 11.8 Å². The lowest BCUT2D eigenvalue weighted by Crippen LogP contribution is -2.52. The van der Waals surface area contributed by atoms with Gasteiger partial charge in [-0.05, 0) is 17.7 Å². The highest BCUT2D eigenvalue weighted by Gasteiger charge is 2.23. The molecular weight excluding hydrogens is 376 g/mol. The monoisotopic (exact) mass is 404 g/mol. The van der Waals surface area contributed by atoms with Crippen molar-refractivity contribution in [2.75, 3.05) is 33.2 Å². The fourth-order valence-corrected chi connectivity index (χ4v) is 3.21. The average Bonchev–Trinajstić information content (AvgIpc) is 3.15. The van der Waals surface area contributed by atoms with Crippen molar-refractivity contribution < 1.29 is 4.52 Å². The predicted molar refractivity (Wildman–Crippen MR) is 111 cm³/mol. The molecule has 28 heavy (non-hydrogen) atoms. The van der Waals surface area contributed by atoms with Crippen molar-refractivity contribution >= 4 is 17.6 Å². The fourth-order valence-electron chi connectivity index (χ4n) is 3.09. The van der Waals surface area contributed by atoms with E-state index in [4.69, 9.17) is 16.1 Å². The molecule has 2 aromatic rings. The minimum absolute atomic E-state index is 0.145. The molecule has 3 rings (SSSR count). The standard InChI is InChI=1S/C20H29ClN6O/c1-20(2,3)18-24-17(25-28-18)13-23-19(22-4)27-11-9-26(10-12-27)14-15-5-7-16(21)8-6-15/h5-8H,9-14H2,1-4H3,(H,22,23). The number of rotatable bonds is 4. The molecule has 0 unspecified atom stereocenters. The summed E-state index contributed by atoms with van der Waals surface area (Å²) >= 11 is 5.97. The Balaban J connectivity index is 1.48. The number of hydrogen-bond donors (Lipinski definition) is 1. The Morgan fingerprint density at radius 1 is 1.18 bits per heavy atom. The lowest BCUT2D eigenvalue weighted by molar-refractivity contribution is 0.172. The van der Waals surface area contributed by atoms with Crippen molar-refractivity contribution in [1.29, 1.82) is 0 Å². The number of nitrogens with one attached hydrogen (secondary N) is 1. The van der Waals surface area contributed by atoms with Crippen LogP contribution in [0.5, 0.6) is 0 Å². The van der Waals surface area contributed by atoms with Gasteiger partial charge in [0, 0.05) is 50.2 Å². The second-order valence-corrected chi connectivity index (χ2v) is 8.49. The second-order valence-electron chi connectivity index (χ2n) is 8.06. The fraction of sp³-hybridized carbons (Fsp3) is 0.550. The molecule has 1 aromatic carbocycles. The molecule has 1 fully saturated rings. The highest BCUT2D eigenvalue weighted by molar-refractivity contribution is 6.30. The van der Waals surface area contributed by atoms with Crippen LogP contribution >= 0.6 is 11.6 Å². The van der Waals surface area contributed by atoms with E-state index in [9.17, 15) is 0 Å². The van der Waals surface area contributed by atoms with Crippen LogP contribution in [-0.4, -0.2) is 59.1 Å². The Labute approximate surface area is 171 Å². The minimum Gasteiger partial charge on any atom is -0.349 e. The molecule has 0 radical (unpaired) electrons. The van der Waals surface area contributed by atoms with E-state index in [1.807, 2.05) is 12.1 Å². The summed E-state index contributed by atoms with van der Waals surface area (Å²) < 4.78 is 5.35. The zero-order valence-corrected chi connectivity index (χ0v) is 17.8. The number of halogens is 1. The Hall–Kier alpha value is -2.12. The molecule has 7 nitrogen and oxygen atoms in total. The highest BCUT2D eigenvalue weighted by atomic mass is 35.5. The van der Waals surface area contributed by atoms with Crippen LogP contribution in [0.3, 0.4) is 0 Å². The summed E-state index contributed by atoms with van der Waals surface area (Å²) in [6.45, 7) is 11.4. The summed E-state index contributed by atoms with van der Waals surface area (Å²) in [6.07, 6.45) is 0. The van der Waals surface area contributed by atoms with Crippen LogP contribution in [0.1, 0.15) is 38.0 Å². The van der Waals surface area contributed by atoms with Gasteiger partial charge in [-0.25, -0.2) is 0 Å². The Morgan fingerprint density at radius 2 is 1.86 bits per heavy atom. The van der Waals surface area contributed by atoms with Crippen molar-refractivity contribution in [1.82, 2.24) is 25.3 Å². The lowest BCUT2D eigenvalue weighted by Gasteiger charge is -2.36. The number of hydrogen-bond acceptors (Lipinski definition) is 5. The number of aliphatic imine (C=N–C) groups is 1. The normalized spacial score (nSPS) is 16.5. The van der Waals surface area contributed by atoms with Gasteiger partial charge in [0.25, 0.3) is 0 Å². The molecule has 0 spiro atoms. The van der Waals surface area contributed by atoms with Gasteiger partial charge in [-0.3, -0.25) is 9.89 Å². The largest absolute Gasteiger partial charge is 0.349 e. The minimum atomic E-state index is -0.145. The molecule has 0 aliphatic carbocycles. The quantitative estimate of drug-likeness (QED) is 0.624. The van der Waals surface area contributed by atoms with E-state index in [0.717, 1.165) is 43.7 Å². The highest BCUT2D eigenvalue weighted by Crippen LogP contribution is 2.19. The van der Waals surface area contributed by atoms with Gasteiger partial charge in [0.2, 0.25) is 5.89 Å². The van der Waals surface area contributed by atoms with Gasteiger partial charge in [0.1, 0.15) is 0 Å². The molecule has 1 aliphatic rings. The summed E-state index contributed by atoms with van der Waals surface area (Å²) in [6, 6.07) is 8.07. The number of guanidine groups is 1. The Kier molecular flexibility index (Phi) is 6.57. The van der Waals surface area contributed by atoms with E-state index >= 15 is 0 Å². The van der Waals surface area contributed by atoms with Crippen molar-refractivity contribution in [2.24, 2.45) is 4.99 Å². The van der Waals surface area contributed by atoms with Gasteiger partial charge in [-0.15, -0.1) is 0 Å². The molecule has 152 valence electrons. The molecule has 0 bridgehead atoms. The second kappa shape index (κ2) is 8.92. The maximum Gasteiger partial charge on any atom is 0.232 e. The third kappa shape index (κ3) is 5.45. The van der Waals surface area contributed by atoms with Crippen molar-refractivity contribution in [2.45, 2.75) is 39.3 Å². The Morgan fingerprint density at radius 3 is 2.43 bits per heavy atom. The molecule has 0 atom stereocenters. The third-order valence-electron chi connectivity index (χ3n) is 4.72. The van der Waals surface area contributed by atoms with Gasteiger partial charge in [-0.2, -0.15) is 4.98 Å². The molecule has 1 aliphatic heterocycles. The van der Waals surface area contributed by atoms with E-state index in [-0.39, 0.29) is 5.41 Å². The first-order valence-corrected chi connectivity index (χ1v) is 9.98. The van der Waals surface area contributed by atoms with Crippen LogP contribution in [0.15, 0.2) is 33.8 Å². The Bertz CT molecular complexity index is 788. The van der Waals surface area contributed by atoms with E-state index in [1.54, 1.807) is 7.05 Å². The molecular formula is C20H29ClN6O. The zero-order valence-electron chi connectivity index (χ0n) is 17.1. The van der Waals surface area contributed by atoms with Crippen LogP contribution in [0, 0.1) is 0 Å². The average molecular weight is 405 g/mol. The van der Waals surface area contributed by atoms with E-state index in [1.165, 1.54) is 5.56 Å². The summed E-state index contributed by atoms with van der Waals surface area (Å²) in [4.78, 5) is 13.6. The first kappa shape index (κ1) is 20.6. The van der Waals surface area contributed by atoms with Crippen molar-refractivity contribution in [3.63, 3.8) is 0 Å². The van der Waals surface area contributed by atoms with Crippen molar-refractivity contribution in [3.05, 3.63) is 46.6 Å². The zero-order chi connectivity index (χ0) is 20.1.